The number of Topliss-reactive ketones (excluding diaryl/α,β-unsaturated/α-hetero) is 1. The van der Waals surface area contributed by atoms with Crippen molar-refractivity contribution in [2.75, 3.05) is 18.5 Å². The SMILES string of the molecule is CN(CC(=O)c1ccc2ccccc2c1)c1ccccc1. The number of nitrogens with zero attached hydrogens (tertiary/aromatic N) is 1. The average Bonchev–Trinajstić information content (AvgIpc) is 2.55. The fourth-order valence-corrected chi connectivity index (χ4v) is 2.44. The van der Waals surface area contributed by atoms with Gasteiger partial charge < -0.3 is 4.90 Å². The van der Waals surface area contributed by atoms with Crippen LogP contribution in [0.2, 0.25) is 0 Å². The van der Waals surface area contributed by atoms with Crippen LogP contribution < -0.4 is 4.90 Å². The van der Waals surface area contributed by atoms with Crippen LogP contribution in [0.5, 0.6) is 0 Å². The van der Waals surface area contributed by atoms with E-state index in [0.717, 1.165) is 22.0 Å². The molecule has 0 spiro atoms. The second-order valence-electron chi connectivity index (χ2n) is 5.18. The monoisotopic (exact) mass is 275 g/mol. The number of carbonyl (C=O) groups is 1. The summed E-state index contributed by atoms with van der Waals surface area (Å²) in [5.74, 6) is 0.132. The second kappa shape index (κ2) is 5.80. The first-order chi connectivity index (χ1) is 10.2. The minimum absolute atomic E-state index is 0.132. The Morgan fingerprint density at radius 1 is 0.857 bits per heavy atom. The summed E-state index contributed by atoms with van der Waals surface area (Å²) in [6, 6.07) is 23.9. The Morgan fingerprint density at radius 2 is 1.52 bits per heavy atom. The zero-order valence-electron chi connectivity index (χ0n) is 12.0. The van der Waals surface area contributed by atoms with E-state index in [4.69, 9.17) is 0 Å². The van der Waals surface area contributed by atoms with Crippen LogP contribution in [0.25, 0.3) is 10.8 Å². The van der Waals surface area contributed by atoms with E-state index in [0.29, 0.717) is 6.54 Å². The number of fused-ring (bicyclic) bond motifs is 1. The van der Waals surface area contributed by atoms with E-state index < -0.39 is 0 Å². The molecule has 0 saturated carbocycles. The van der Waals surface area contributed by atoms with Gasteiger partial charge in [-0.05, 0) is 29.0 Å². The Labute approximate surface area is 124 Å². The summed E-state index contributed by atoms with van der Waals surface area (Å²) in [4.78, 5) is 14.4. The number of hydrogen-bond donors (Lipinski definition) is 0. The molecule has 0 heterocycles. The molecule has 0 bridgehead atoms. The Balaban J connectivity index is 1.80. The average molecular weight is 275 g/mol. The van der Waals surface area contributed by atoms with E-state index in [-0.39, 0.29) is 5.78 Å². The maximum absolute atomic E-state index is 12.4. The van der Waals surface area contributed by atoms with Gasteiger partial charge in [-0.2, -0.15) is 0 Å². The third kappa shape index (κ3) is 2.95. The first kappa shape index (κ1) is 13.4. The van der Waals surface area contributed by atoms with Gasteiger partial charge in [0, 0.05) is 18.3 Å². The number of para-hydroxylation sites is 1. The van der Waals surface area contributed by atoms with E-state index in [2.05, 4.69) is 6.07 Å². The fraction of sp³-hybridized carbons (Fsp3) is 0.105. The Hall–Kier alpha value is -2.61. The lowest BCUT2D eigenvalue weighted by Crippen LogP contribution is -2.25. The van der Waals surface area contributed by atoms with E-state index in [1.54, 1.807) is 0 Å². The number of carbonyl (C=O) groups excluding carboxylic acids is 1. The lowest BCUT2D eigenvalue weighted by molar-refractivity contribution is 0.100. The molecule has 2 heteroatoms. The van der Waals surface area contributed by atoms with Gasteiger partial charge >= 0.3 is 0 Å². The van der Waals surface area contributed by atoms with E-state index in [9.17, 15) is 4.79 Å². The number of ketones is 1. The smallest absolute Gasteiger partial charge is 0.182 e. The molecule has 0 atom stereocenters. The van der Waals surface area contributed by atoms with Crippen molar-refractivity contribution in [1.82, 2.24) is 0 Å². The van der Waals surface area contributed by atoms with Crippen LogP contribution in [0.1, 0.15) is 10.4 Å². The van der Waals surface area contributed by atoms with Crippen LogP contribution in [-0.4, -0.2) is 19.4 Å². The van der Waals surface area contributed by atoms with E-state index in [1.165, 1.54) is 0 Å². The molecule has 0 N–H and O–H groups in total. The van der Waals surface area contributed by atoms with Gasteiger partial charge in [0.25, 0.3) is 0 Å². The molecule has 3 aromatic rings. The van der Waals surface area contributed by atoms with Gasteiger partial charge in [0.1, 0.15) is 0 Å². The summed E-state index contributed by atoms with van der Waals surface area (Å²) in [6.07, 6.45) is 0. The lowest BCUT2D eigenvalue weighted by atomic mass is 10.0. The number of benzene rings is 3. The van der Waals surface area contributed by atoms with Gasteiger partial charge in [-0.3, -0.25) is 4.79 Å². The van der Waals surface area contributed by atoms with Crippen LogP contribution in [0.4, 0.5) is 5.69 Å². The fourth-order valence-electron chi connectivity index (χ4n) is 2.44. The summed E-state index contributed by atoms with van der Waals surface area (Å²) in [6.45, 7) is 0.377. The highest BCUT2D eigenvalue weighted by atomic mass is 16.1. The topological polar surface area (TPSA) is 20.3 Å². The van der Waals surface area contributed by atoms with E-state index >= 15 is 0 Å². The van der Waals surface area contributed by atoms with Crippen molar-refractivity contribution in [3.63, 3.8) is 0 Å². The minimum atomic E-state index is 0.132. The lowest BCUT2D eigenvalue weighted by Gasteiger charge is -2.18. The zero-order chi connectivity index (χ0) is 14.7. The highest BCUT2D eigenvalue weighted by Gasteiger charge is 2.10. The number of likely N-dealkylation sites (N-methyl/N-ethyl adjacent to an activating group) is 1. The summed E-state index contributed by atoms with van der Waals surface area (Å²) < 4.78 is 0. The molecule has 0 aliphatic carbocycles. The van der Waals surface area contributed by atoms with Crippen LogP contribution in [-0.2, 0) is 0 Å². The van der Waals surface area contributed by atoms with Crippen LogP contribution >= 0.6 is 0 Å². The molecule has 3 aromatic carbocycles. The predicted octanol–water partition coefficient (Wildman–Crippen LogP) is 4.16. The van der Waals surface area contributed by atoms with Crippen molar-refractivity contribution in [1.29, 1.82) is 0 Å². The van der Waals surface area contributed by atoms with Crippen molar-refractivity contribution < 1.29 is 4.79 Å². The third-order valence-electron chi connectivity index (χ3n) is 3.65. The van der Waals surface area contributed by atoms with Crippen LogP contribution in [0.3, 0.4) is 0 Å². The maximum Gasteiger partial charge on any atom is 0.182 e. The number of rotatable bonds is 4. The van der Waals surface area contributed by atoms with Crippen molar-refractivity contribution in [2.24, 2.45) is 0 Å². The number of anilines is 1. The minimum Gasteiger partial charge on any atom is -0.367 e. The number of hydrogen-bond acceptors (Lipinski definition) is 2. The summed E-state index contributed by atoms with van der Waals surface area (Å²) >= 11 is 0. The first-order valence-corrected chi connectivity index (χ1v) is 7.02. The molecule has 0 saturated heterocycles. The summed E-state index contributed by atoms with van der Waals surface area (Å²) in [5, 5.41) is 2.26. The molecular weight excluding hydrogens is 258 g/mol. The van der Waals surface area contributed by atoms with Crippen molar-refractivity contribution in [3.05, 3.63) is 78.4 Å². The van der Waals surface area contributed by atoms with Crippen molar-refractivity contribution in [2.45, 2.75) is 0 Å². The highest BCUT2D eigenvalue weighted by Crippen LogP contribution is 2.17. The molecule has 104 valence electrons. The molecule has 0 unspecified atom stereocenters. The van der Waals surface area contributed by atoms with Gasteiger partial charge in [0.05, 0.1) is 6.54 Å². The standard InChI is InChI=1S/C19H17NO/c1-20(18-9-3-2-4-10-18)14-19(21)17-12-11-15-7-5-6-8-16(15)13-17/h2-13H,14H2,1H3. The molecule has 21 heavy (non-hydrogen) atoms. The normalized spacial score (nSPS) is 10.5. The Kier molecular flexibility index (Phi) is 3.69. The van der Waals surface area contributed by atoms with Gasteiger partial charge in [0.2, 0.25) is 0 Å². The van der Waals surface area contributed by atoms with Gasteiger partial charge in [-0.1, -0.05) is 54.6 Å². The Bertz CT molecular complexity index is 765. The van der Waals surface area contributed by atoms with Gasteiger partial charge in [-0.25, -0.2) is 0 Å². The second-order valence-corrected chi connectivity index (χ2v) is 5.18. The van der Waals surface area contributed by atoms with Crippen molar-refractivity contribution in [3.8, 4) is 0 Å². The molecule has 0 aliphatic rings. The molecular formula is C19H17NO. The molecule has 0 amide bonds. The maximum atomic E-state index is 12.4. The molecule has 0 aliphatic heterocycles. The zero-order valence-corrected chi connectivity index (χ0v) is 12.0. The predicted molar refractivity (Wildman–Crippen MR) is 88.0 cm³/mol. The molecule has 0 aromatic heterocycles. The highest BCUT2D eigenvalue weighted by molar-refractivity contribution is 6.02. The molecule has 2 nitrogen and oxygen atoms in total. The first-order valence-electron chi connectivity index (χ1n) is 7.02. The third-order valence-corrected chi connectivity index (χ3v) is 3.65. The van der Waals surface area contributed by atoms with Gasteiger partial charge in [-0.15, -0.1) is 0 Å². The van der Waals surface area contributed by atoms with Gasteiger partial charge in [0.15, 0.2) is 5.78 Å². The van der Waals surface area contributed by atoms with Crippen LogP contribution in [0, 0.1) is 0 Å². The largest absolute Gasteiger partial charge is 0.367 e. The summed E-state index contributed by atoms with van der Waals surface area (Å²) in [7, 11) is 1.94. The molecule has 0 radical (unpaired) electrons. The quantitative estimate of drug-likeness (QED) is 0.666. The van der Waals surface area contributed by atoms with Crippen molar-refractivity contribution >= 4 is 22.2 Å². The molecule has 0 fully saturated rings. The van der Waals surface area contributed by atoms with Crippen LogP contribution in [0.15, 0.2) is 72.8 Å². The summed E-state index contributed by atoms with van der Waals surface area (Å²) in [5.41, 5.74) is 1.81. The van der Waals surface area contributed by atoms with E-state index in [1.807, 2.05) is 78.7 Å². The Morgan fingerprint density at radius 3 is 2.29 bits per heavy atom. The molecule has 3 rings (SSSR count).